The average molecular weight is 444 g/mol. The Morgan fingerprint density at radius 2 is 1.90 bits per heavy atom. The summed E-state index contributed by atoms with van der Waals surface area (Å²) < 4.78 is 16.7. The zero-order valence-electron chi connectivity index (χ0n) is 17.9. The standard InChI is InChI=1S/C24H26ClNO5/c1-24(2,3)31-22(28)15-17-7-4-5-8-19(17)26-21(27)10-9-16-13-18(25)23-20(14-16)29-11-6-12-30-23/h4-5,7-10,13-14H,6,11-12,15H2,1-3H3,(H,26,27)/b10-9+. The van der Waals surface area contributed by atoms with Crippen molar-refractivity contribution in [2.24, 2.45) is 0 Å². The normalized spacial score (nSPS) is 13.5. The summed E-state index contributed by atoms with van der Waals surface area (Å²) in [6.45, 7) is 6.54. The minimum Gasteiger partial charge on any atom is -0.489 e. The highest BCUT2D eigenvalue weighted by Gasteiger charge is 2.18. The maximum Gasteiger partial charge on any atom is 0.310 e. The van der Waals surface area contributed by atoms with E-state index in [1.54, 1.807) is 36.4 Å². The minimum atomic E-state index is -0.568. The summed E-state index contributed by atoms with van der Waals surface area (Å²) in [5.74, 6) is 0.399. The molecule has 1 heterocycles. The van der Waals surface area contributed by atoms with Crippen molar-refractivity contribution in [2.45, 2.75) is 39.2 Å². The number of hydrogen-bond donors (Lipinski definition) is 1. The number of rotatable bonds is 5. The monoisotopic (exact) mass is 443 g/mol. The van der Waals surface area contributed by atoms with Gasteiger partial charge in [0.2, 0.25) is 5.91 Å². The van der Waals surface area contributed by atoms with E-state index in [4.69, 9.17) is 25.8 Å². The van der Waals surface area contributed by atoms with E-state index in [1.807, 2.05) is 26.8 Å². The van der Waals surface area contributed by atoms with Gasteiger partial charge in [0.25, 0.3) is 0 Å². The molecule has 1 aliphatic rings. The second kappa shape index (κ2) is 9.88. The first kappa shape index (κ1) is 22.7. The minimum absolute atomic E-state index is 0.0647. The van der Waals surface area contributed by atoms with E-state index in [1.165, 1.54) is 6.08 Å². The predicted molar refractivity (Wildman–Crippen MR) is 121 cm³/mol. The maximum absolute atomic E-state index is 12.5. The van der Waals surface area contributed by atoms with Gasteiger partial charge in [0.05, 0.1) is 24.7 Å². The largest absolute Gasteiger partial charge is 0.489 e. The van der Waals surface area contributed by atoms with Crippen LogP contribution in [0.3, 0.4) is 0 Å². The molecule has 0 bridgehead atoms. The molecular weight excluding hydrogens is 418 g/mol. The van der Waals surface area contributed by atoms with Crippen LogP contribution in [-0.4, -0.2) is 30.7 Å². The van der Waals surface area contributed by atoms with E-state index in [2.05, 4.69) is 5.32 Å². The Kier molecular flexibility index (Phi) is 7.23. The molecule has 1 aliphatic heterocycles. The van der Waals surface area contributed by atoms with Crippen molar-refractivity contribution in [1.82, 2.24) is 0 Å². The summed E-state index contributed by atoms with van der Waals surface area (Å²) in [4.78, 5) is 24.6. The topological polar surface area (TPSA) is 73.9 Å². The van der Waals surface area contributed by atoms with Crippen molar-refractivity contribution >= 4 is 35.2 Å². The highest BCUT2D eigenvalue weighted by molar-refractivity contribution is 6.32. The van der Waals surface area contributed by atoms with Crippen LogP contribution in [0.15, 0.2) is 42.5 Å². The number of benzene rings is 2. The molecule has 1 N–H and O–H groups in total. The van der Waals surface area contributed by atoms with Crippen LogP contribution in [0.2, 0.25) is 5.02 Å². The number of halogens is 1. The molecule has 0 aliphatic carbocycles. The first-order valence-electron chi connectivity index (χ1n) is 10.1. The molecule has 3 rings (SSSR count). The number of carbonyl (C=O) groups is 2. The summed E-state index contributed by atoms with van der Waals surface area (Å²) >= 11 is 6.30. The van der Waals surface area contributed by atoms with Crippen LogP contribution >= 0.6 is 11.6 Å². The molecule has 31 heavy (non-hydrogen) atoms. The van der Waals surface area contributed by atoms with Crippen molar-refractivity contribution in [3.63, 3.8) is 0 Å². The van der Waals surface area contributed by atoms with Gasteiger partial charge in [-0.15, -0.1) is 0 Å². The Labute approximate surface area is 187 Å². The number of esters is 1. The van der Waals surface area contributed by atoms with Gasteiger partial charge in [-0.3, -0.25) is 9.59 Å². The molecule has 0 aromatic heterocycles. The molecule has 1 amide bonds. The molecule has 0 saturated carbocycles. The lowest BCUT2D eigenvalue weighted by Gasteiger charge is -2.20. The molecular formula is C24H26ClNO5. The summed E-state index contributed by atoms with van der Waals surface area (Å²) in [6, 6.07) is 10.6. The van der Waals surface area contributed by atoms with E-state index in [0.29, 0.717) is 46.5 Å². The van der Waals surface area contributed by atoms with Crippen LogP contribution in [0.25, 0.3) is 6.08 Å². The van der Waals surface area contributed by atoms with Crippen molar-refractivity contribution in [3.8, 4) is 11.5 Å². The third-order valence-electron chi connectivity index (χ3n) is 4.28. The molecule has 0 unspecified atom stereocenters. The molecule has 2 aromatic carbocycles. The van der Waals surface area contributed by atoms with Gasteiger partial charge in [0.15, 0.2) is 11.5 Å². The lowest BCUT2D eigenvalue weighted by Crippen LogP contribution is -2.25. The fourth-order valence-corrected chi connectivity index (χ4v) is 3.30. The Bertz CT molecular complexity index is 994. The van der Waals surface area contributed by atoms with E-state index >= 15 is 0 Å². The molecule has 0 radical (unpaired) electrons. The highest BCUT2D eigenvalue weighted by Crippen LogP contribution is 2.38. The zero-order valence-corrected chi connectivity index (χ0v) is 18.6. The number of ether oxygens (including phenoxy) is 3. The Morgan fingerprint density at radius 1 is 1.16 bits per heavy atom. The van der Waals surface area contributed by atoms with Crippen molar-refractivity contribution in [3.05, 3.63) is 58.6 Å². The Balaban J connectivity index is 1.69. The van der Waals surface area contributed by atoms with Gasteiger partial charge in [0, 0.05) is 18.2 Å². The third kappa shape index (κ3) is 6.76. The van der Waals surface area contributed by atoms with E-state index in [0.717, 1.165) is 6.42 Å². The number of amides is 1. The predicted octanol–water partition coefficient (Wildman–Crippen LogP) is 5.04. The molecule has 7 heteroatoms. The average Bonchev–Trinajstić information content (AvgIpc) is 2.92. The quantitative estimate of drug-likeness (QED) is 0.517. The lowest BCUT2D eigenvalue weighted by atomic mass is 10.1. The molecule has 0 atom stereocenters. The van der Waals surface area contributed by atoms with Gasteiger partial charge < -0.3 is 19.5 Å². The summed E-state index contributed by atoms with van der Waals surface area (Å²) in [6.07, 6.45) is 3.89. The van der Waals surface area contributed by atoms with Crippen LogP contribution in [0.4, 0.5) is 5.69 Å². The molecule has 0 saturated heterocycles. The lowest BCUT2D eigenvalue weighted by molar-refractivity contribution is -0.153. The number of nitrogens with one attached hydrogen (secondary N) is 1. The maximum atomic E-state index is 12.5. The van der Waals surface area contributed by atoms with Crippen LogP contribution in [0, 0.1) is 0 Å². The number of carbonyl (C=O) groups excluding carboxylic acids is 2. The van der Waals surface area contributed by atoms with Gasteiger partial charge in [-0.25, -0.2) is 0 Å². The Hall–Kier alpha value is -2.99. The fraction of sp³-hybridized carbons (Fsp3) is 0.333. The van der Waals surface area contributed by atoms with Crippen molar-refractivity contribution < 1.29 is 23.8 Å². The number of fused-ring (bicyclic) bond motifs is 1. The zero-order chi connectivity index (χ0) is 22.4. The van der Waals surface area contributed by atoms with Gasteiger partial charge in [-0.1, -0.05) is 29.8 Å². The molecule has 6 nitrogen and oxygen atoms in total. The summed E-state index contributed by atoms with van der Waals surface area (Å²) in [7, 11) is 0. The summed E-state index contributed by atoms with van der Waals surface area (Å²) in [5.41, 5.74) is 1.38. The van der Waals surface area contributed by atoms with Crippen LogP contribution in [0.5, 0.6) is 11.5 Å². The van der Waals surface area contributed by atoms with Crippen molar-refractivity contribution in [2.75, 3.05) is 18.5 Å². The number of hydrogen-bond acceptors (Lipinski definition) is 5. The first-order chi connectivity index (χ1) is 14.7. The fourth-order valence-electron chi connectivity index (χ4n) is 3.02. The van der Waals surface area contributed by atoms with Gasteiger partial charge >= 0.3 is 5.97 Å². The van der Waals surface area contributed by atoms with Crippen LogP contribution < -0.4 is 14.8 Å². The van der Waals surface area contributed by atoms with Gasteiger partial charge in [0.1, 0.15) is 5.60 Å². The van der Waals surface area contributed by atoms with Gasteiger partial charge in [-0.05, 0) is 56.2 Å². The van der Waals surface area contributed by atoms with Gasteiger partial charge in [-0.2, -0.15) is 0 Å². The van der Waals surface area contributed by atoms with E-state index in [-0.39, 0.29) is 18.3 Å². The molecule has 164 valence electrons. The smallest absolute Gasteiger partial charge is 0.310 e. The third-order valence-corrected chi connectivity index (χ3v) is 4.56. The number of anilines is 1. The Morgan fingerprint density at radius 3 is 2.68 bits per heavy atom. The van der Waals surface area contributed by atoms with Crippen LogP contribution in [0.1, 0.15) is 38.3 Å². The number of para-hydroxylation sites is 1. The summed E-state index contributed by atoms with van der Waals surface area (Å²) in [5, 5.41) is 3.25. The molecule has 0 fully saturated rings. The van der Waals surface area contributed by atoms with Crippen LogP contribution in [-0.2, 0) is 20.7 Å². The van der Waals surface area contributed by atoms with Crippen molar-refractivity contribution in [1.29, 1.82) is 0 Å². The second-order valence-electron chi connectivity index (χ2n) is 8.12. The molecule has 0 spiro atoms. The SMILES string of the molecule is CC(C)(C)OC(=O)Cc1ccccc1NC(=O)/C=C/c1cc(Cl)c2c(c1)OCCCO2. The van der Waals surface area contributed by atoms with E-state index in [9.17, 15) is 9.59 Å². The highest BCUT2D eigenvalue weighted by atomic mass is 35.5. The van der Waals surface area contributed by atoms with E-state index < -0.39 is 5.60 Å². The molecule has 2 aromatic rings. The first-order valence-corrected chi connectivity index (χ1v) is 10.5. The second-order valence-corrected chi connectivity index (χ2v) is 8.53.